The van der Waals surface area contributed by atoms with E-state index >= 15 is 0 Å². The maximum Gasteiger partial charge on any atom is 0.144 e. The molecule has 0 fully saturated rings. The van der Waals surface area contributed by atoms with Crippen molar-refractivity contribution in [3.8, 4) is 28.2 Å². The topological polar surface area (TPSA) is 17.8 Å². The molecule has 0 amide bonds. The van der Waals surface area contributed by atoms with E-state index in [0.717, 1.165) is 17.8 Å². The quantitative estimate of drug-likeness (QED) is 0.312. The minimum Gasteiger partial charge on any atom is -0.299 e. The van der Waals surface area contributed by atoms with Gasteiger partial charge in [-0.25, -0.2) is 4.98 Å². The summed E-state index contributed by atoms with van der Waals surface area (Å²) in [5.41, 5.74) is 11.0. The van der Waals surface area contributed by atoms with Gasteiger partial charge in [-0.2, -0.15) is 0 Å². The minimum absolute atomic E-state index is 0.418. The molecule has 1 heterocycles. The van der Waals surface area contributed by atoms with Gasteiger partial charge in [0.25, 0.3) is 0 Å². The number of hydrogen-bond acceptors (Lipinski definition) is 1. The van der Waals surface area contributed by atoms with Crippen LogP contribution in [0.25, 0.3) is 28.2 Å². The molecule has 0 saturated heterocycles. The fourth-order valence-corrected chi connectivity index (χ4v) is 4.84. The number of nitrogens with zero attached hydrogens (tertiary/aromatic N) is 2. The number of rotatable bonds is 4. The molecule has 0 N–H and O–H groups in total. The SMILES string of the molecule is CC(C)c1cc(C(C)C)c(-n2ccnc2-c2ccccc2)c2c1Cc1ccccc1-2. The molecule has 0 saturated carbocycles. The predicted molar refractivity (Wildman–Crippen MR) is 125 cm³/mol. The van der Waals surface area contributed by atoms with Gasteiger partial charge < -0.3 is 0 Å². The lowest BCUT2D eigenvalue weighted by Gasteiger charge is -2.24. The second-order valence-electron chi connectivity index (χ2n) is 8.89. The second-order valence-corrected chi connectivity index (χ2v) is 8.89. The Morgan fingerprint density at radius 3 is 2.27 bits per heavy atom. The van der Waals surface area contributed by atoms with E-state index in [2.05, 4.69) is 99.1 Å². The van der Waals surface area contributed by atoms with Crippen LogP contribution in [-0.4, -0.2) is 9.55 Å². The Bertz CT molecular complexity index is 1210. The molecule has 2 nitrogen and oxygen atoms in total. The van der Waals surface area contributed by atoms with Crippen LogP contribution in [-0.2, 0) is 6.42 Å². The van der Waals surface area contributed by atoms with Gasteiger partial charge in [-0.15, -0.1) is 0 Å². The van der Waals surface area contributed by atoms with E-state index in [-0.39, 0.29) is 0 Å². The molecule has 1 aliphatic carbocycles. The molecule has 3 aromatic carbocycles. The molecule has 2 heteroatoms. The number of fused-ring (bicyclic) bond motifs is 3. The Labute approximate surface area is 179 Å². The van der Waals surface area contributed by atoms with Crippen LogP contribution in [0.4, 0.5) is 0 Å². The molecule has 0 radical (unpaired) electrons. The molecule has 0 atom stereocenters. The first-order chi connectivity index (χ1) is 14.6. The van der Waals surface area contributed by atoms with Crippen molar-refractivity contribution in [1.82, 2.24) is 9.55 Å². The van der Waals surface area contributed by atoms with Gasteiger partial charge in [0.1, 0.15) is 5.82 Å². The van der Waals surface area contributed by atoms with Gasteiger partial charge in [-0.3, -0.25) is 4.57 Å². The van der Waals surface area contributed by atoms with Crippen molar-refractivity contribution < 1.29 is 0 Å². The second kappa shape index (κ2) is 7.28. The van der Waals surface area contributed by atoms with Crippen LogP contribution in [0.3, 0.4) is 0 Å². The van der Waals surface area contributed by atoms with Crippen molar-refractivity contribution in [2.24, 2.45) is 0 Å². The summed E-state index contributed by atoms with van der Waals surface area (Å²) in [5, 5.41) is 0. The summed E-state index contributed by atoms with van der Waals surface area (Å²) in [4.78, 5) is 4.77. The van der Waals surface area contributed by atoms with E-state index in [1.165, 1.54) is 39.1 Å². The first-order valence-corrected chi connectivity index (χ1v) is 10.9. The monoisotopic (exact) mass is 392 g/mol. The molecule has 1 aromatic heterocycles. The van der Waals surface area contributed by atoms with E-state index in [0.29, 0.717) is 11.8 Å². The van der Waals surface area contributed by atoms with Crippen LogP contribution in [0.1, 0.15) is 61.8 Å². The van der Waals surface area contributed by atoms with Crippen LogP contribution in [0.5, 0.6) is 0 Å². The molecule has 150 valence electrons. The van der Waals surface area contributed by atoms with Gasteiger partial charge in [-0.05, 0) is 46.1 Å². The molecule has 0 aliphatic heterocycles. The average Bonchev–Trinajstić information content (AvgIpc) is 3.38. The molecule has 5 rings (SSSR count). The number of hydrogen-bond donors (Lipinski definition) is 0. The highest BCUT2D eigenvalue weighted by molar-refractivity contribution is 5.87. The number of aromatic nitrogens is 2. The van der Waals surface area contributed by atoms with Crippen molar-refractivity contribution in [2.45, 2.75) is 46.0 Å². The maximum absolute atomic E-state index is 4.77. The van der Waals surface area contributed by atoms with Crippen LogP contribution in [0.15, 0.2) is 73.1 Å². The Morgan fingerprint density at radius 1 is 0.833 bits per heavy atom. The molecule has 30 heavy (non-hydrogen) atoms. The fourth-order valence-electron chi connectivity index (χ4n) is 4.84. The van der Waals surface area contributed by atoms with E-state index in [4.69, 9.17) is 4.98 Å². The van der Waals surface area contributed by atoms with Crippen molar-refractivity contribution in [2.75, 3.05) is 0 Å². The molecule has 4 aromatic rings. The third-order valence-corrected chi connectivity index (χ3v) is 6.28. The Kier molecular flexibility index (Phi) is 4.58. The Balaban J connectivity index is 1.87. The predicted octanol–water partition coefficient (Wildman–Crippen LogP) is 7.36. The largest absolute Gasteiger partial charge is 0.299 e. The van der Waals surface area contributed by atoms with Crippen molar-refractivity contribution in [3.63, 3.8) is 0 Å². The highest BCUT2D eigenvalue weighted by atomic mass is 15.1. The van der Waals surface area contributed by atoms with Gasteiger partial charge in [0, 0.05) is 23.5 Å². The van der Waals surface area contributed by atoms with E-state index in [1.807, 2.05) is 6.20 Å². The summed E-state index contributed by atoms with van der Waals surface area (Å²) < 4.78 is 2.32. The van der Waals surface area contributed by atoms with Gasteiger partial charge in [-0.1, -0.05) is 88.4 Å². The summed E-state index contributed by atoms with van der Waals surface area (Å²) in [5.74, 6) is 1.92. The first-order valence-electron chi connectivity index (χ1n) is 10.9. The third kappa shape index (κ3) is 2.90. The lowest BCUT2D eigenvalue weighted by Crippen LogP contribution is -2.08. The zero-order valence-corrected chi connectivity index (χ0v) is 18.2. The summed E-state index contributed by atoms with van der Waals surface area (Å²) in [6.45, 7) is 9.23. The average molecular weight is 393 g/mol. The maximum atomic E-state index is 4.77. The van der Waals surface area contributed by atoms with Gasteiger partial charge >= 0.3 is 0 Å². The van der Waals surface area contributed by atoms with Crippen LogP contribution >= 0.6 is 0 Å². The molecule has 0 bridgehead atoms. The molecular weight excluding hydrogens is 364 g/mol. The van der Waals surface area contributed by atoms with Crippen molar-refractivity contribution in [1.29, 1.82) is 0 Å². The Hall–Kier alpha value is -3.13. The van der Waals surface area contributed by atoms with Crippen LogP contribution in [0.2, 0.25) is 0 Å². The molecule has 0 spiro atoms. The first kappa shape index (κ1) is 18.9. The molecule has 0 unspecified atom stereocenters. The number of benzene rings is 3. The summed E-state index contributed by atoms with van der Waals surface area (Å²) in [6, 6.07) is 21.9. The standard InChI is InChI=1S/C28H28N2/c1-18(2)23-17-24(19(3)4)27(26-22-13-9-8-12-21(22)16-25(23)26)30-15-14-29-28(30)20-10-6-5-7-11-20/h5-15,17-19H,16H2,1-4H3. The Morgan fingerprint density at radius 2 is 1.53 bits per heavy atom. The summed E-state index contributed by atoms with van der Waals surface area (Å²) >= 11 is 0. The number of imidazole rings is 1. The lowest BCUT2D eigenvalue weighted by molar-refractivity contribution is 0.814. The zero-order valence-electron chi connectivity index (χ0n) is 18.2. The van der Waals surface area contributed by atoms with E-state index in [9.17, 15) is 0 Å². The van der Waals surface area contributed by atoms with E-state index in [1.54, 1.807) is 0 Å². The minimum atomic E-state index is 0.418. The van der Waals surface area contributed by atoms with Gasteiger partial charge in [0.2, 0.25) is 0 Å². The lowest BCUT2D eigenvalue weighted by atomic mass is 9.86. The normalized spacial score (nSPS) is 12.5. The highest BCUT2D eigenvalue weighted by Crippen LogP contribution is 2.47. The van der Waals surface area contributed by atoms with Crippen LogP contribution < -0.4 is 0 Å². The van der Waals surface area contributed by atoms with E-state index < -0.39 is 0 Å². The fraction of sp³-hybridized carbons (Fsp3) is 0.250. The van der Waals surface area contributed by atoms with Crippen molar-refractivity contribution >= 4 is 0 Å². The summed E-state index contributed by atoms with van der Waals surface area (Å²) in [7, 11) is 0. The van der Waals surface area contributed by atoms with Gasteiger partial charge in [0.05, 0.1) is 5.69 Å². The third-order valence-electron chi connectivity index (χ3n) is 6.28. The summed E-state index contributed by atoms with van der Waals surface area (Å²) in [6.07, 6.45) is 5.07. The smallest absolute Gasteiger partial charge is 0.144 e. The van der Waals surface area contributed by atoms with Crippen LogP contribution in [0, 0.1) is 0 Å². The molecule has 1 aliphatic rings. The van der Waals surface area contributed by atoms with Gasteiger partial charge in [0.15, 0.2) is 0 Å². The zero-order chi connectivity index (χ0) is 20.8. The highest BCUT2D eigenvalue weighted by Gasteiger charge is 2.29. The molecular formula is C28H28N2. The van der Waals surface area contributed by atoms with Crippen molar-refractivity contribution in [3.05, 3.63) is 95.3 Å².